The van der Waals surface area contributed by atoms with E-state index in [0.717, 1.165) is 31.7 Å². The molecule has 4 atom stereocenters. The molecule has 3 heterocycles. The summed E-state index contributed by atoms with van der Waals surface area (Å²) >= 11 is 0. The summed E-state index contributed by atoms with van der Waals surface area (Å²) in [6.07, 6.45) is 8.62. The number of fused-ring (bicyclic) bond motifs is 1. The van der Waals surface area contributed by atoms with Crippen LogP contribution in [-0.4, -0.2) is 57.0 Å². The Morgan fingerprint density at radius 2 is 2.11 bits per heavy atom. The van der Waals surface area contributed by atoms with Crippen LogP contribution in [0.5, 0.6) is 0 Å². The lowest BCUT2D eigenvalue weighted by Crippen LogP contribution is -2.45. The van der Waals surface area contributed by atoms with Crippen LogP contribution in [0.1, 0.15) is 73.7 Å². The van der Waals surface area contributed by atoms with Gasteiger partial charge in [0.2, 0.25) is 0 Å². The maximum Gasteiger partial charge on any atom is 0.190 e. The number of rotatable bonds is 6. The van der Waals surface area contributed by atoms with Crippen LogP contribution in [0.4, 0.5) is 0 Å². The van der Waals surface area contributed by atoms with Crippen molar-refractivity contribution in [2.45, 2.75) is 71.5 Å². The minimum atomic E-state index is -0.0590. The number of methoxy groups -OCH3 is 1. The van der Waals surface area contributed by atoms with E-state index in [-0.39, 0.29) is 6.04 Å². The van der Waals surface area contributed by atoms with E-state index in [1.54, 1.807) is 7.11 Å². The fourth-order valence-corrected chi connectivity index (χ4v) is 6.23. The molecule has 7 heteroatoms. The van der Waals surface area contributed by atoms with Crippen LogP contribution in [0.2, 0.25) is 0 Å². The van der Waals surface area contributed by atoms with E-state index in [4.69, 9.17) is 9.72 Å². The Bertz CT molecular complexity index is 1340. The summed E-state index contributed by atoms with van der Waals surface area (Å²) in [6.45, 7) is 10.6. The molecule has 188 valence electrons. The first-order valence-corrected chi connectivity index (χ1v) is 13.1. The summed E-state index contributed by atoms with van der Waals surface area (Å²) in [4.78, 5) is 12.4. The average molecular weight is 485 g/mol. The molecule has 0 N–H and O–H groups in total. The topological polar surface area (TPSA) is 79.9 Å². The Kier molecular flexibility index (Phi) is 6.92. The van der Waals surface area contributed by atoms with E-state index in [0.29, 0.717) is 34.9 Å². The number of hydrogen-bond donors (Lipinski definition) is 0. The first-order valence-electron chi connectivity index (χ1n) is 13.1. The van der Waals surface area contributed by atoms with Crippen molar-refractivity contribution in [1.29, 1.82) is 5.26 Å². The molecule has 1 fully saturated rings. The molecular formula is C29H36N6O. The van der Waals surface area contributed by atoms with Crippen LogP contribution in [-0.2, 0) is 4.74 Å². The van der Waals surface area contributed by atoms with Gasteiger partial charge in [-0.2, -0.15) is 10.4 Å². The Morgan fingerprint density at radius 3 is 2.83 bits per heavy atom. The van der Waals surface area contributed by atoms with Crippen molar-refractivity contribution < 1.29 is 4.74 Å². The summed E-state index contributed by atoms with van der Waals surface area (Å²) < 4.78 is 7.37. The molecule has 3 unspecified atom stereocenters. The largest absolute Gasteiger partial charge is 0.383 e. The average Bonchev–Trinajstić information content (AvgIpc) is 3.48. The highest BCUT2D eigenvalue weighted by Gasteiger charge is 2.35. The number of ether oxygens (including phenoxy) is 1. The number of aromatic nitrogens is 4. The number of benzene rings is 1. The fourth-order valence-electron chi connectivity index (χ4n) is 6.23. The monoisotopic (exact) mass is 484 g/mol. The number of nitriles is 1. The molecule has 0 amide bonds. The van der Waals surface area contributed by atoms with Crippen molar-refractivity contribution >= 4 is 16.7 Å². The number of hydrogen-bond acceptors (Lipinski definition) is 6. The zero-order chi connectivity index (χ0) is 25.4. The van der Waals surface area contributed by atoms with Crippen molar-refractivity contribution in [3.8, 4) is 6.07 Å². The zero-order valence-electron chi connectivity index (χ0n) is 22.0. The molecule has 1 saturated heterocycles. The number of likely N-dealkylation sites (tertiary alicyclic amines) is 1. The minimum Gasteiger partial charge on any atom is -0.383 e. The molecule has 0 radical (unpaired) electrons. The summed E-state index contributed by atoms with van der Waals surface area (Å²) in [5, 5.41) is 14.4. The minimum absolute atomic E-state index is 0.0590. The van der Waals surface area contributed by atoms with E-state index in [1.807, 2.05) is 10.9 Å². The highest BCUT2D eigenvalue weighted by Crippen LogP contribution is 2.36. The molecule has 1 aromatic carbocycles. The lowest BCUT2D eigenvalue weighted by Gasteiger charge is -2.39. The third-order valence-corrected chi connectivity index (χ3v) is 8.09. The molecule has 36 heavy (non-hydrogen) atoms. The van der Waals surface area contributed by atoms with Crippen molar-refractivity contribution in [2.24, 2.45) is 5.92 Å². The number of allylic oxidation sites excluding steroid dienone is 1. The van der Waals surface area contributed by atoms with E-state index >= 15 is 0 Å². The molecule has 7 nitrogen and oxygen atoms in total. The van der Waals surface area contributed by atoms with E-state index < -0.39 is 0 Å². The van der Waals surface area contributed by atoms with E-state index in [2.05, 4.69) is 73.0 Å². The highest BCUT2D eigenvalue weighted by molar-refractivity contribution is 5.79. The first-order chi connectivity index (χ1) is 17.4. The van der Waals surface area contributed by atoms with E-state index in [1.165, 1.54) is 35.1 Å². The summed E-state index contributed by atoms with van der Waals surface area (Å²) in [6, 6.07) is 9.66. The zero-order valence-corrected chi connectivity index (χ0v) is 22.0. The quantitative estimate of drug-likeness (QED) is 0.477. The second kappa shape index (κ2) is 10.1. The van der Waals surface area contributed by atoms with Gasteiger partial charge in [0.25, 0.3) is 0 Å². The van der Waals surface area contributed by atoms with Gasteiger partial charge in [-0.05, 0) is 75.6 Å². The van der Waals surface area contributed by atoms with Crippen LogP contribution < -0.4 is 0 Å². The molecule has 3 aromatic rings. The predicted molar refractivity (Wildman–Crippen MR) is 142 cm³/mol. The lowest BCUT2D eigenvalue weighted by atomic mass is 9.83. The van der Waals surface area contributed by atoms with Crippen molar-refractivity contribution in [3.05, 3.63) is 58.6 Å². The second-order valence-corrected chi connectivity index (χ2v) is 10.6. The van der Waals surface area contributed by atoms with Gasteiger partial charge in [0.15, 0.2) is 11.3 Å². The van der Waals surface area contributed by atoms with Crippen molar-refractivity contribution in [1.82, 2.24) is 24.6 Å². The lowest BCUT2D eigenvalue weighted by molar-refractivity contribution is 0.0696. The standard InChI is InChI=1S/C29H36N6O/c1-18-8-10-24(19(2)13-18)21(4)35-29-28(25(15-30)33-35)31-16-26(32-29)22-9-11-27(20(3)14-22)34-12-6-7-23(34)17-36-5/h8-10,13,16,20-21,23,27H,6-7,11-12,14,17H2,1-5H3/t20?,21?,23-,27?/m0/s1. The van der Waals surface area contributed by atoms with Crippen LogP contribution in [0.25, 0.3) is 16.7 Å². The number of nitrogens with zero attached hydrogens (tertiary/aromatic N) is 6. The van der Waals surface area contributed by atoms with E-state index in [9.17, 15) is 5.26 Å². The maximum atomic E-state index is 9.72. The van der Waals surface area contributed by atoms with Crippen LogP contribution in [0.3, 0.4) is 0 Å². The Morgan fingerprint density at radius 1 is 1.28 bits per heavy atom. The van der Waals surface area contributed by atoms with Gasteiger partial charge < -0.3 is 4.74 Å². The molecular weight excluding hydrogens is 448 g/mol. The molecule has 0 bridgehead atoms. The van der Waals surface area contributed by atoms with Gasteiger partial charge in [-0.15, -0.1) is 0 Å². The van der Waals surface area contributed by atoms with Gasteiger partial charge in [-0.3, -0.25) is 4.90 Å². The fraction of sp³-hybridized carbons (Fsp3) is 0.517. The third-order valence-electron chi connectivity index (χ3n) is 8.09. The molecule has 1 aliphatic heterocycles. The molecule has 0 saturated carbocycles. The van der Waals surface area contributed by atoms with Gasteiger partial charge in [-0.1, -0.05) is 36.8 Å². The van der Waals surface area contributed by atoms with Gasteiger partial charge in [0.1, 0.15) is 11.6 Å². The molecule has 2 aromatic heterocycles. The van der Waals surface area contributed by atoms with Crippen LogP contribution in [0.15, 0.2) is 30.5 Å². The summed E-state index contributed by atoms with van der Waals surface area (Å²) in [7, 11) is 1.80. The van der Waals surface area contributed by atoms with Crippen molar-refractivity contribution in [2.75, 3.05) is 20.3 Å². The first kappa shape index (κ1) is 24.6. The van der Waals surface area contributed by atoms with Crippen molar-refractivity contribution in [3.63, 3.8) is 0 Å². The van der Waals surface area contributed by atoms with Gasteiger partial charge in [-0.25, -0.2) is 14.6 Å². The Balaban J connectivity index is 1.47. The van der Waals surface area contributed by atoms with Gasteiger partial charge in [0.05, 0.1) is 24.5 Å². The molecule has 2 aliphatic rings. The molecule has 5 rings (SSSR count). The van der Waals surface area contributed by atoms with Crippen LogP contribution >= 0.6 is 0 Å². The number of aryl methyl sites for hydroxylation is 2. The molecule has 0 spiro atoms. The molecule has 1 aliphatic carbocycles. The summed E-state index contributed by atoms with van der Waals surface area (Å²) in [5.74, 6) is 0.522. The Labute approximate surface area is 213 Å². The van der Waals surface area contributed by atoms with Crippen LogP contribution in [0, 0.1) is 31.1 Å². The third kappa shape index (κ3) is 4.44. The predicted octanol–water partition coefficient (Wildman–Crippen LogP) is 5.22. The van der Waals surface area contributed by atoms with Gasteiger partial charge >= 0.3 is 0 Å². The maximum absolute atomic E-state index is 9.72. The van der Waals surface area contributed by atoms with Gasteiger partial charge in [0, 0.05) is 19.2 Å². The second-order valence-electron chi connectivity index (χ2n) is 10.6. The normalized spacial score (nSPS) is 23.6. The Hall–Kier alpha value is -3.08. The SMILES string of the molecule is COC[C@@H]1CCCN1C1CC=C(c2cnc3c(C#N)nn(C(C)c4ccc(C)cc4C)c3n2)CC1C. The highest BCUT2D eigenvalue weighted by atomic mass is 16.5. The smallest absolute Gasteiger partial charge is 0.190 e. The summed E-state index contributed by atoms with van der Waals surface area (Å²) in [5.41, 5.74) is 7.30.